The summed E-state index contributed by atoms with van der Waals surface area (Å²) in [6, 6.07) is 1.07. The van der Waals surface area contributed by atoms with E-state index in [1.165, 1.54) is 12.4 Å². The Morgan fingerprint density at radius 3 is 3.05 bits per heavy atom. The number of halogens is 1. The molecule has 6 nitrogen and oxygen atoms in total. The van der Waals surface area contributed by atoms with Crippen LogP contribution < -0.4 is 4.74 Å². The minimum atomic E-state index is -1.37. The predicted octanol–water partition coefficient (Wildman–Crippen LogP) is 2.32. The van der Waals surface area contributed by atoms with Crippen LogP contribution in [-0.2, 0) is 6.54 Å². The minimum absolute atomic E-state index is 0.308. The lowest BCUT2D eigenvalue weighted by molar-refractivity contribution is 0.0690. The fourth-order valence-corrected chi connectivity index (χ4v) is 1.52. The van der Waals surface area contributed by atoms with Crippen molar-refractivity contribution in [1.29, 1.82) is 0 Å². The first kappa shape index (κ1) is 13.0. The monoisotopic (exact) mass is 265 g/mol. The van der Waals surface area contributed by atoms with Crippen LogP contribution in [0, 0.1) is 5.82 Å². The van der Waals surface area contributed by atoms with Crippen molar-refractivity contribution < 1.29 is 19.0 Å². The van der Waals surface area contributed by atoms with Crippen molar-refractivity contribution in [2.75, 3.05) is 0 Å². The normalized spacial score (nSPS) is 10.4. The van der Waals surface area contributed by atoms with Gasteiger partial charge >= 0.3 is 5.97 Å². The van der Waals surface area contributed by atoms with Gasteiger partial charge in [-0.05, 0) is 12.5 Å². The largest absolute Gasteiger partial charge is 0.478 e. The number of carboxylic acids is 1. The minimum Gasteiger partial charge on any atom is -0.478 e. The summed E-state index contributed by atoms with van der Waals surface area (Å²) in [4.78, 5) is 14.5. The molecular weight excluding hydrogens is 253 g/mol. The van der Waals surface area contributed by atoms with Crippen LogP contribution in [0.4, 0.5) is 4.39 Å². The zero-order valence-electron chi connectivity index (χ0n) is 10.2. The molecule has 0 radical (unpaired) electrons. The number of hydrogen-bond donors (Lipinski definition) is 1. The average Bonchev–Trinajstić information content (AvgIpc) is 2.79. The second kappa shape index (κ2) is 5.47. The third-order valence-corrected chi connectivity index (χ3v) is 2.36. The molecule has 0 aliphatic carbocycles. The molecule has 0 aliphatic heterocycles. The Labute approximate surface area is 108 Å². The number of aromatic nitrogens is 3. The van der Waals surface area contributed by atoms with Crippen LogP contribution in [0.5, 0.6) is 11.6 Å². The number of aromatic carboxylic acids is 1. The first-order chi connectivity index (χ1) is 9.11. The Bertz CT molecular complexity index is 598. The molecule has 1 N–H and O–H groups in total. The summed E-state index contributed by atoms with van der Waals surface area (Å²) < 4.78 is 20.6. The van der Waals surface area contributed by atoms with Crippen LogP contribution in [0.15, 0.2) is 24.7 Å². The van der Waals surface area contributed by atoms with Gasteiger partial charge in [0.1, 0.15) is 5.56 Å². The summed E-state index contributed by atoms with van der Waals surface area (Å²) in [6.45, 7) is 2.72. The lowest BCUT2D eigenvalue weighted by Crippen LogP contribution is -2.03. The third kappa shape index (κ3) is 2.87. The maximum Gasteiger partial charge on any atom is 0.338 e. The molecular formula is C12H12FN3O3. The zero-order valence-corrected chi connectivity index (χ0v) is 10.2. The molecule has 7 heteroatoms. The van der Waals surface area contributed by atoms with Crippen LogP contribution in [0.2, 0.25) is 0 Å². The van der Waals surface area contributed by atoms with E-state index in [0.29, 0.717) is 12.3 Å². The van der Waals surface area contributed by atoms with E-state index in [2.05, 4.69) is 10.1 Å². The van der Waals surface area contributed by atoms with E-state index in [4.69, 9.17) is 9.84 Å². The van der Waals surface area contributed by atoms with Crippen LogP contribution in [0.25, 0.3) is 0 Å². The van der Waals surface area contributed by atoms with E-state index < -0.39 is 17.3 Å². The maximum atomic E-state index is 13.8. The van der Waals surface area contributed by atoms with Crippen molar-refractivity contribution in [2.45, 2.75) is 19.9 Å². The Kier molecular flexibility index (Phi) is 3.74. The maximum absolute atomic E-state index is 13.8. The van der Waals surface area contributed by atoms with Gasteiger partial charge < -0.3 is 9.84 Å². The molecule has 0 fully saturated rings. The number of carboxylic acid groups (broad SMARTS) is 1. The predicted molar refractivity (Wildman–Crippen MR) is 63.7 cm³/mol. The van der Waals surface area contributed by atoms with Crippen molar-refractivity contribution in [3.05, 3.63) is 36.0 Å². The molecule has 0 spiro atoms. The second-order valence-corrected chi connectivity index (χ2v) is 3.82. The third-order valence-electron chi connectivity index (χ3n) is 2.36. The first-order valence-electron chi connectivity index (χ1n) is 5.70. The van der Waals surface area contributed by atoms with Gasteiger partial charge in [0.15, 0.2) is 11.6 Å². The molecule has 0 saturated heterocycles. The van der Waals surface area contributed by atoms with Crippen LogP contribution in [0.1, 0.15) is 23.7 Å². The fourth-order valence-electron chi connectivity index (χ4n) is 1.52. The molecule has 0 saturated carbocycles. The molecule has 0 aliphatic rings. The van der Waals surface area contributed by atoms with Gasteiger partial charge in [-0.2, -0.15) is 5.10 Å². The van der Waals surface area contributed by atoms with Gasteiger partial charge in [-0.3, -0.25) is 4.68 Å². The standard InChI is InChI=1S/C12H12FN3O3/c1-2-5-16-7-8(6-15-16)19-11-10(13)9(12(17)18)3-4-14-11/h3-4,6-7H,2,5H2,1H3,(H,17,18). The number of nitrogens with zero attached hydrogens (tertiary/aromatic N) is 3. The van der Waals surface area contributed by atoms with Crippen molar-refractivity contribution in [1.82, 2.24) is 14.8 Å². The van der Waals surface area contributed by atoms with Crippen molar-refractivity contribution in [3.8, 4) is 11.6 Å². The Morgan fingerprint density at radius 2 is 2.37 bits per heavy atom. The number of pyridine rings is 1. The van der Waals surface area contributed by atoms with Gasteiger partial charge in [-0.1, -0.05) is 6.92 Å². The van der Waals surface area contributed by atoms with Crippen LogP contribution >= 0.6 is 0 Å². The molecule has 0 unspecified atom stereocenters. The summed E-state index contributed by atoms with van der Waals surface area (Å²) in [7, 11) is 0. The SMILES string of the molecule is CCCn1cc(Oc2nccc(C(=O)O)c2F)cn1. The molecule has 0 bridgehead atoms. The molecule has 0 atom stereocenters. The molecule has 0 aromatic carbocycles. The van der Waals surface area contributed by atoms with E-state index in [9.17, 15) is 9.18 Å². The molecule has 2 aromatic rings. The van der Waals surface area contributed by atoms with Gasteiger partial charge in [0.25, 0.3) is 5.88 Å². The molecule has 0 amide bonds. The Hall–Kier alpha value is -2.44. The smallest absolute Gasteiger partial charge is 0.338 e. The molecule has 2 rings (SSSR count). The van der Waals surface area contributed by atoms with Crippen molar-refractivity contribution in [2.24, 2.45) is 0 Å². The number of aryl methyl sites for hydroxylation is 1. The van der Waals surface area contributed by atoms with Crippen LogP contribution in [0.3, 0.4) is 0 Å². The van der Waals surface area contributed by atoms with E-state index >= 15 is 0 Å². The topological polar surface area (TPSA) is 77.2 Å². The second-order valence-electron chi connectivity index (χ2n) is 3.82. The van der Waals surface area contributed by atoms with E-state index in [1.54, 1.807) is 10.9 Å². The first-order valence-corrected chi connectivity index (χ1v) is 5.70. The molecule has 2 heterocycles. The number of rotatable bonds is 5. The highest BCUT2D eigenvalue weighted by Gasteiger charge is 2.17. The molecule has 100 valence electrons. The van der Waals surface area contributed by atoms with Crippen LogP contribution in [-0.4, -0.2) is 25.8 Å². The lowest BCUT2D eigenvalue weighted by Gasteiger charge is -2.04. The molecule has 2 aromatic heterocycles. The summed E-state index contributed by atoms with van der Waals surface area (Å²) >= 11 is 0. The van der Waals surface area contributed by atoms with Gasteiger partial charge in [0.05, 0.1) is 12.4 Å². The van der Waals surface area contributed by atoms with Gasteiger partial charge in [-0.25, -0.2) is 14.2 Å². The lowest BCUT2D eigenvalue weighted by atomic mass is 10.2. The number of hydrogen-bond acceptors (Lipinski definition) is 4. The number of ether oxygens (including phenoxy) is 1. The van der Waals surface area contributed by atoms with Gasteiger partial charge in [0.2, 0.25) is 0 Å². The summed E-state index contributed by atoms with van der Waals surface area (Å²) in [5, 5.41) is 12.8. The zero-order chi connectivity index (χ0) is 13.8. The van der Waals surface area contributed by atoms with Crippen molar-refractivity contribution in [3.63, 3.8) is 0 Å². The summed E-state index contributed by atoms with van der Waals surface area (Å²) in [5.74, 6) is -2.44. The highest BCUT2D eigenvalue weighted by molar-refractivity contribution is 5.88. The van der Waals surface area contributed by atoms with Gasteiger partial charge in [0, 0.05) is 12.7 Å². The fraction of sp³-hybridized carbons (Fsp3) is 0.250. The summed E-state index contributed by atoms with van der Waals surface area (Å²) in [5.41, 5.74) is -0.481. The van der Waals surface area contributed by atoms with E-state index in [0.717, 1.165) is 12.5 Å². The Morgan fingerprint density at radius 1 is 1.58 bits per heavy atom. The number of carbonyl (C=O) groups is 1. The quantitative estimate of drug-likeness (QED) is 0.897. The van der Waals surface area contributed by atoms with Crippen molar-refractivity contribution >= 4 is 5.97 Å². The van der Waals surface area contributed by atoms with E-state index in [-0.39, 0.29) is 5.88 Å². The van der Waals surface area contributed by atoms with E-state index in [1.807, 2.05) is 6.92 Å². The molecule has 19 heavy (non-hydrogen) atoms. The highest BCUT2D eigenvalue weighted by atomic mass is 19.1. The average molecular weight is 265 g/mol. The van der Waals surface area contributed by atoms with Gasteiger partial charge in [-0.15, -0.1) is 0 Å². The Balaban J connectivity index is 2.23. The highest BCUT2D eigenvalue weighted by Crippen LogP contribution is 2.23. The summed E-state index contributed by atoms with van der Waals surface area (Å²) in [6.07, 6.45) is 5.10.